The van der Waals surface area contributed by atoms with Gasteiger partial charge in [-0.1, -0.05) is 6.07 Å². The van der Waals surface area contributed by atoms with Crippen LogP contribution in [0.5, 0.6) is 23.0 Å². The molecule has 0 aliphatic rings. The van der Waals surface area contributed by atoms with E-state index in [1.807, 2.05) is 0 Å². The normalized spacial score (nSPS) is 12.6. The number of hydrogen-bond acceptors (Lipinski definition) is 7. The van der Waals surface area contributed by atoms with E-state index in [-0.39, 0.29) is 10.6 Å². The molecule has 2 aromatic rings. The molecule has 0 bridgehead atoms. The second kappa shape index (κ2) is 10.9. The molecule has 0 amide bonds. The van der Waals surface area contributed by atoms with Gasteiger partial charge < -0.3 is 28.7 Å². The third-order valence-corrected chi connectivity index (χ3v) is 7.01. The fourth-order valence-corrected chi connectivity index (χ4v) is 5.35. The first-order valence-corrected chi connectivity index (χ1v) is 12.9. The summed E-state index contributed by atoms with van der Waals surface area (Å²) in [6.07, 6.45) is 1.64. The minimum Gasteiger partial charge on any atom is -0.496 e. The zero-order valence-electron chi connectivity index (χ0n) is 16.9. The zero-order chi connectivity index (χ0) is 22.3. The predicted octanol–water partition coefficient (Wildman–Crippen LogP) is 3.83. The second-order valence-corrected chi connectivity index (χ2v) is 10.7. The van der Waals surface area contributed by atoms with Crippen LogP contribution in [-0.4, -0.2) is 42.4 Å². The van der Waals surface area contributed by atoms with Gasteiger partial charge in [0.1, 0.15) is 23.0 Å². The summed E-state index contributed by atoms with van der Waals surface area (Å²) < 4.78 is 45.0. The number of methoxy groups -OCH3 is 4. The Kier molecular flexibility index (Phi) is 8.81. The number of benzene rings is 2. The van der Waals surface area contributed by atoms with Gasteiger partial charge in [0, 0.05) is 17.5 Å². The molecule has 30 heavy (non-hydrogen) atoms. The molecule has 164 valence electrons. The van der Waals surface area contributed by atoms with Crippen LogP contribution in [-0.2, 0) is 21.1 Å². The smallest absolute Gasteiger partial charge is 0.388 e. The molecular formula is C19H23O8PS2. The summed E-state index contributed by atoms with van der Waals surface area (Å²) >= 11 is 0.397. The van der Waals surface area contributed by atoms with E-state index in [2.05, 4.69) is 0 Å². The Hall–Kier alpha value is -1.97. The molecule has 8 nitrogen and oxygen atoms in total. The quantitative estimate of drug-likeness (QED) is 0.496. The van der Waals surface area contributed by atoms with Gasteiger partial charge in [-0.2, -0.15) is 0 Å². The lowest BCUT2D eigenvalue weighted by Crippen LogP contribution is -1.96. The summed E-state index contributed by atoms with van der Waals surface area (Å²) in [5.74, 6) is 2.06. The zero-order valence-corrected chi connectivity index (χ0v) is 19.4. The van der Waals surface area contributed by atoms with Crippen molar-refractivity contribution in [2.24, 2.45) is 0 Å². The van der Waals surface area contributed by atoms with E-state index in [0.29, 0.717) is 45.5 Å². The van der Waals surface area contributed by atoms with Gasteiger partial charge in [0.15, 0.2) is 0 Å². The van der Waals surface area contributed by atoms with E-state index in [1.165, 1.54) is 33.8 Å². The van der Waals surface area contributed by atoms with Gasteiger partial charge in [-0.3, -0.25) is 4.21 Å². The molecular weight excluding hydrogens is 451 g/mol. The number of hydrogen-bond donors (Lipinski definition) is 2. The highest BCUT2D eigenvalue weighted by Crippen LogP contribution is 2.56. The van der Waals surface area contributed by atoms with Gasteiger partial charge in [0.05, 0.1) is 55.5 Å². The maximum absolute atomic E-state index is 12.6. The second-order valence-electron chi connectivity index (χ2n) is 5.84. The van der Waals surface area contributed by atoms with Crippen LogP contribution < -0.4 is 18.9 Å². The maximum Gasteiger partial charge on any atom is 0.388 e. The lowest BCUT2D eigenvalue weighted by molar-refractivity contribution is 0.374. The largest absolute Gasteiger partial charge is 0.496 e. The Labute approximate surface area is 181 Å². The van der Waals surface area contributed by atoms with Crippen LogP contribution in [0.25, 0.3) is 6.08 Å². The van der Waals surface area contributed by atoms with Crippen LogP contribution in [0.15, 0.2) is 40.6 Å². The molecule has 2 N–H and O–H groups in total. The highest BCUT2D eigenvalue weighted by atomic mass is 32.7. The monoisotopic (exact) mass is 474 g/mol. The summed E-state index contributed by atoms with van der Waals surface area (Å²) in [6.45, 7) is -4.35. The van der Waals surface area contributed by atoms with E-state index in [4.69, 9.17) is 18.9 Å². The van der Waals surface area contributed by atoms with E-state index in [9.17, 15) is 18.6 Å². The van der Waals surface area contributed by atoms with E-state index in [0.717, 1.165) is 0 Å². The fraction of sp³-hybridized carbons (Fsp3) is 0.263. The molecule has 0 radical (unpaired) electrons. The van der Waals surface area contributed by atoms with Crippen LogP contribution >= 0.6 is 18.2 Å². The van der Waals surface area contributed by atoms with Crippen molar-refractivity contribution in [1.29, 1.82) is 0 Å². The Balaban J connectivity index is 2.25. The SMILES string of the molecule is COc1cc(OC)c(C=CS(=O)Cc2ccc(OC)c(SP(=O)(O)O)c2)c(OC)c1. The lowest BCUT2D eigenvalue weighted by atomic mass is 10.1. The molecule has 0 fully saturated rings. The van der Waals surface area contributed by atoms with Crippen molar-refractivity contribution in [2.45, 2.75) is 10.6 Å². The van der Waals surface area contributed by atoms with Crippen molar-refractivity contribution in [3.63, 3.8) is 0 Å². The molecule has 0 spiro atoms. The van der Waals surface area contributed by atoms with Gasteiger partial charge >= 0.3 is 6.80 Å². The Bertz CT molecular complexity index is 961. The van der Waals surface area contributed by atoms with Crippen molar-refractivity contribution in [2.75, 3.05) is 28.4 Å². The molecule has 1 unspecified atom stereocenters. The van der Waals surface area contributed by atoms with Crippen molar-refractivity contribution < 1.29 is 37.5 Å². The first kappa shape index (κ1) is 24.3. The average molecular weight is 474 g/mol. The topological polar surface area (TPSA) is 112 Å². The molecule has 0 saturated heterocycles. The van der Waals surface area contributed by atoms with E-state index >= 15 is 0 Å². The molecule has 0 heterocycles. The number of rotatable bonds is 10. The standard InChI is InChI=1S/C19H23O8PS2/c1-24-14-10-17(26-3)15(18(11-14)27-4)7-8-30(23)12-13-5-6-16(25-2)19(9-13)29-28(20,21)22/h5-11H,12H2,1-4H3,(H2,20,21,22). The predicted molar refractivity (Wildman–Crippen MR) is 118 cm³/mol. The maximum atomic E-state index is 12.6. The highest BCUT2D eigenvalue weighted by Gasteiger charge is 2.19. The van der Waals surface area contributed by atoms with Gasteiger partial charge in [0.2, 0.25) is 0 Å². The van der Waals surface area contributed by atoms with Crippen molar-refractivity contribution >= 4 is 35.1 Å². The molecule has 2 aromatic carbocycles. The summed E-state index contributed by atoms with van der Waals surface area (Å²) in [5, 5.41) is 1.51. The Morgan fingerprint density at radius 2 is 1.57 bits per heavy atom. The van der Waals surface area contributed by atoms with Gasteiger partial charge in [-0.15, -0.1) is 0 Å². The third kappa shape index (κ3) is 6.78. The number of ether oxygens (including phenoxy) is 4. The van der Waals surface area contributed by atoms with E-state index < -0.39 is 17.6 Å². The molecule has 0 aliphatic carbocycles. The molecule has 0 aliphatic heterocycles. The van der Waals surface area contributed by atoms with Crippen LogP contribution in [0.4, 0.5) is 0 Å². The van der Waals surface area contributed by atoms with Gasteiger partial charge in [-0.25, -0.2) is 4.57 Å². The van der Waals surface area contributed by atoms with Crippen LogP contribution in [0.2, 0.25) is 0 Å². The van der Waals surface area contributed by atoms with E-state index in [1.54, 1.807) is 36.4 Å². The first-order valence-electron chi connectivity index (χ1n) is 8.48. The Morgan fingerprint density at radius 1 is 0.967 bits per heavy atom. The van der Waals surface area contributed by atoms with Crippen molar-refractivity contribution in [1.82, 2.24) is 0 Å². The average Bonchev–Trinajstić information content (AvgIpc) is 2.70. The summed E-state index contributed by atoms with van der Waals surface area (Å²) in [6, 6.07) is 8.23. The lowest BCUT2D eigenvalue weighted by Gasteiger charge is -2.12. The van der Waals surface area contributed by atoms with Crippen molar-refractivity contribution in [3.05, 3.63) is 46.9 Å². The first-order chi connectivity index (χ1) is 14.2. The molecule has 1 atom stereocenters. The summed E-state index contributed by atoms with van der Waals surface area (Å²) in [4.78, 5) is 18.7. The summed E-state index contributed by atoms with van der Waals surface area (Å²) in [7, 11) is 4.57. The molecule has 2 rings (SSSR count). The van der Waals surface area contributed by atoms with Gasteiger partial charge in [0.25, 0.3) is 0 Å². The summed E-state index contributed by atoms with van der Waals surface area (Å²) in [5.41, 5.74) is 1.25. The third-order valence-electron chi connectivity index (χ3n) is 3.89. The fourth-order valence-electron chi connectivity index (χ4n) is 2.56. The van der Waals surface area contributed by atoms with Crippen molar-refractivity contribution in [3.8, 4) is 23.0 Å². The minimum absolute atomic E-state index is 0.149. The molecule has 0 aromatic heterocycles. The molecule has 11 heteroatoms. The van der Waals surface area contributed by atoms with Gasteiger partial charge in [-0.05, 0) is 35.2 Å². The van der Waals surface area contributed by atoms with Crippen LogP contribution in [0.1, 0.15) is 11.1 Å². The molecule has 0 saturated carbocycles. The minimum atomic E-state index is -4.35. The van der Waals surface area contributed by atoms with Crippen LogP contribution in [0, 0.1) is 0 Å². The highest BCUT2D eigenvalue weighted by molar-refractivity contribution is 8.54. The Morgan fingerprint density at radius 3 is 2.07 bits per heavy atom. The van der Waals surface area contributed by atoms with Crippen LogP contribution in [0.3, 0.4) is 0 Å².